The zero-order valence-corrected chi connectivity index (χ0v) is 43.9. The first-order valence-corrected chi connectivity index (χ1v) is 28.1. The maximum atomic E-state index is 13.2. The molecule has 0 aliphatic carbocycles. The van der Waals surface area contributed by atoms with E-state index in [9.17, 15) is 24.3 Å². The number of aromatic amines is 1. The Hall–Kier alpha value is -6.58. The molecule has 0 bridgehead atoms. The number of benzene rings is 5. The van der Waals surface area contributed by atoms with Gasteiger partial charge in [-0.15, -0.1) is 0 Å². The third-order valence-electron chi connectivity index (χ3n) is 14.2. The van der Waals surface area contributed by atoms with Gasteiger partial charge in [-0.2, -0.15) is 0 Å². The van der Waals surface area contributed by atoms with Crippen molar-refractivity contribution in [1.82, 2.24) is 20.5 Å². The number of piperidine rings is 1. The lowest BCUT2D eigenvalue weighted by Crippen LogP contribution is -2.44. The Morgan fingerprint density at radius 3 is 2.31 bits per heavy atom. The number of phenolic OH excluding ortho intramolecular Hbond substituents is 1. The Labute approximate surface area is 425 Å². The van der Waals surface area contributed by atoms with Crippen LogP contribution in [0.3, 0.4) is 0 Å². The highest BCUT2D eigenvalue weighted by molar-refractivity contribution is 6.74. The van der Waals surface area contributed by atoms with Crippen molar-refractivity contribution >= 4 is 48.5 Å². The third kappa shape index (κ3) is 14.5. The molecule has 1 aromatic heterocycles. The number of rotatable bonds is 20. The molecular formula is C58H72N6O7Si. The number of hydrogen-bond acceptors (Lipinski definition) is 9. The van der Waals surface area contributed by atoms with Crippen molar-refractivity contribution in [2.45, 2.75) is 103 Å². The minimum atomic E-state index is -2.22. The number of H-pyrrole nitrogens is 1. The summed E-state index contributed by atoms with van der Waals surface area (Å²) in [5, 5.41) is 21.0. The minimum absolute atomic E-state index is 0.00489. The van der Waals surface area contributed by atoms with E-state index in [0.29, 0.717) is 56.5 Å². The second-order valence-electron chi connectivity index (χ2n) is 20.6. The van der Waals surface area contributed by atoms with Crippen molar-refractivity contribution in [3.8, 4) is 16.9 Å². The van der Waals surface area contributed by atoms with Crippen LogP contribution in [-0.4, -0.2) is 93.1 Å². The van der Waals surface area contributed by atoms with Crippen molar-refractivity contribution in [1.29, 1.82) is 0 Å². The molecule has 0 saturated carbocycles. The van der Waals surface area contributed by atoms with Gasteiger partial charge >= 0.3 is 6.09 Å². The van der Waals surface area contributed by atoms with Gasteiger partial charge in [-0.3, -0.25) is 19.7 Å². The van der Waals surface area contributed by atoms with E-state index >= 15 is 0 Å². The maximum absolute atomic E-state index is 13.2. The molecule has 14 heteroatoms. The number of phenols is 1. The summed E-state index contributed by atoms with van der Waals surface area (Å²) in [7, 11) is -0.446. The first kappa shape index (κ1) is 53.2. The molecule has 2 atom stereocenters. The van der Waals surface area contributed by atoms with Crippen LogP contribution < -0.4 is 26.4 Å². The van der Waals surface area contributed by atoms with Crippen LogP contribution in [0.2, 0.25) is 18.1 Å². The van der Waals surface area contributed by atoms with Gasteiger partial charge in [0.25, 0.3) is 0 Å². The molecule has 5 N–H and O–H groups in total. The Bertz CT molecular complexity index is 2840. The van der Waals surface area contributed by atoms with Crippen molar-refractivity contribution in [2.75, 3.05) is 50.0 Å². The topological polar surface area (TPSA) is 165 Å². The standard InChI is InChI=1S/C58H72N6O7Si/c1-40(60-39-52(71-72(6,7)58(2,3)4)48-24-26-51(65)56-49(48)25-27-53(66)62-56)36-43-15-13-14-41(37-43)28-32-59-54(67)38-42-20-22-45(23-21-42)63(5)55(68)31-35-64-33-29-46(30-34-64)70-57(69)61-50-19-12-11-18-47(50)44-16-9-8-10-17-44/h8-27,37,40,46,52,60,65H,28-36,38-39H2,1-7H3,(H,59,67)(H,61,69)(H,62,66)/t40-,52+/m1/s1. The summed E-state index contributed by atoms with van der Waals surface area (Å²) >= 11 is 0. The molecular weight excluding hydrogens is 921 g/mol. The quantitative estimate of drug-likeness (QED) is 0.0468. The molecule has 13 nitrogen and oxygen atoms in total. The van der Waals surface area contributed by atoms with Gasteiger partial charge in [0.2, 0.25) is 17.4 Å². The van der Waals surface area contributed by atoms with E-state index in [1.165, 1.54) is 11.6 Å². The summed E-state index contributed by atoms with van der Waals surface area (Å²) in [5.74, 6) is -0.0315. The van der Waals surface area contributed by atoms with E-state index in [2.05, 4.69) is 90.9 Å². The van der Waals surface area contributed by atoms with Gasteiger partial charge in [-0.25, -0.2) is 4.79 Å². The number of carbonyl (C=O) groups excluding carboxylic acids is 3. The molecule has 380 valence electrons. The molecule has 5 aromatic carbocycles. The molecule has 1 aliphatic heterocycles. The number of nitrogens with one attached hydrogen (secondary N) is 4. The first-order chi connectivity index (χ1) is 34.4. The zero-order valence-electron chi connectivity index (χ0n) is 42.9. The van der Waals surface area contributed by atoms with Gasteiger partial charge in [0.15, 0.2) is 8.32 Å². The summed E-state index contributed by atoms with van der Waals surface area (Å²) < 4.78 is 12.8. The number of hydrogen-bond donors (Lipinski definition) is 5. The van der Waals surface area contributed by atoms with Crippen LogP contribution in [0.15, 0.2) is 132 Å². The molecule has 1 saturated heterocycles. The van der Waals surface area contributed by atoms with Crippen LogP contribution >= 0.6 is 0 Å². The van der Waals surface area contributed by atoms with Crippen molar-refractivity contribution < 1.29 is 28.7 Å². The summed E-state index contributed by atoms with van der Waals surface area (Å²) in [5.41, 5.74) is 7.67. The predicted molar refractivity (Wildman–Crippen MR) is 291 cm³/mol. The molecule has 2 heterocycles. The fourth-order valence-corrected chi connectivity index (χ4v) is 10.2. The molecule has 0 radical (unpaired) electrons. The molecule has 0 spiro atoms. The van der Waals surface area contributed by atoms with Gasteiger partial charge in [0.05, 0.1) is 23.7 Å². The smallest absolute Gasteiger partial charge is 0.411 e. The van der Waals surface area contributed by atoms with Gasteiger partial charge in [-0.05, 0) is 109 Å². The van der Waals surface area contributed by atoms with Gasteiger partial charge in [0.1, 0.15) is 11.9 Å². The van der Waals surface area contributed by atoms with E-state index in [0.717, 1.165) is 58.4 Å². The molecule has 0 unspecified atom stereocenters. The number of anilines is 2. The zero-order chi connectivity index (χ0) is 51.4. The summed E-state index contributed by atoms with van der Waals surface area (Å²) in [6.07, 6.45) is 2.52. The summed E-state index contributed by atoms with van der Waals surface area (Å²) in [6.45, 7) is 16.4. The lowest BCUT2D eigenvalue weighted by atomic mass is 10.0. The summed E-state index contributed by atoms with van der Waals surface area (Å²) in [6, 6.07) is 40.5. The molecule has 6 aromatic rings. The largest absolute Gasteiger partial charge is 0.506 e. The monoisotopic (exact) mass is 993 g/mol. The van der Waals surface area contributed by atoms with Gasteiger partial charge in [0, 0.05) is 74.9 Å². The van der Waals surface area contributed by atoms with Crippen molar-refractivity contribution in [3.63, 3.8) is 0 Å². The van der Waals surface area contributed by atoms with Crippen molar-refractivity contribution in [3.05, 3.63) is 160 Å². The van der Waals surface area contributed by atoms with Crippen LogP contribution in [0.5, 0.6) is 5.75 Å². The second-order valence-corrected chi connectivity index (χ2v) is 25.4. The normalized spacial score (nSPS) is 14.4. The Balaban J connectivity index is 0.811. The highest BCUT2D eigenvalue weighted by Crippen LogP contribution is 2.41. The number of aromatic hydroxyl groups is 1. The summed E-state index contributed by atoms with van der Waals surface area (Å²) in [4.78, 5) is 58.0. The number of ether oxygens (including phenoxy) is 1. The fraction of sp³-hybridized carbons (Fsp3) is 0.379. The number of carbonyl (C=O) groups is 3. The third-order valence-corrected chi connectivity index (χ3v) is 18.7. The van der Waals surface area contributed by atoms with E-state index in [1.54, 1.807) is 24.1 Å². The van der Waals surface area contributed by atoms with E-state index in [4.69, 9.17) is 9.16 Å². The first-order valence-electron chi connectivity index (χ1n) is 25.2. The molecule has 72 heavy (non-hydrogen) atoms. The van der Waals surface area contributed by atoms with Crippen LogP contribution in [0, 0.1) is 0 Å². The van der Waals surface area contributed by atoms with E-state index in [1.807, 2.05) is 84.9 Å². The number of aromatic nitrogens is 1. The number of amides is 3. The van der Waals surface area contributed by atoms with Crippen LogP contribution in [-0.2, 0) is 38.0 Å². The SMILES string of the molecule is C[C@H](Cc1cccc(CCNC(=O)Cc2ccc(N(C)C(=O)CCN3CCC(OC(=O)Nc4ccccc4-c4ccccc4)CC3)cc2)c1)NC[C@H](O[Si](C)(C)C(C)(C)C)c1ccc(O)c2[nH]c(=O)ccc12. The highest BCUT2D eigenvalue weighted by atomic mass is 28.4. The number of pyridine rings is 1. The minimum Gasteiger partial charge on any atom is -0.506 e. The Morgan fingerprint density at radius 2 is 1.57 bits per heavy atom. The van der Waals surface area contributed by atoms with E-state index in [-0.39, 0.29) is 52.8 Å². The fourth-order valence-electron chi connectivity index (χ4n) is 8.93. The lowest BCUT2D eigenvalue weighted by molar-refractivity contribution is -0.120. The Kier molecular flexibility index (Phi) is 17.9. The van der Waals surface area contributed by atoms with Gasteiger partial charge < -0.3 is 39.7 Å². The maximum Gasteiger partial charge on any atom is 0.411 e. The number of nitrogens with zero attached hydrogens (tertiary/aromatic N) is 2. The average Bonchev–Trinajstić information content (AvgIpc) is 3.35. The van der Waals surface area contributed by atoms with Crippen LogP contribution in [0.4, 0.5) is 16.2 Å². The molecule has 3 amide bonds. The van der Waals surface area contributed by atoms with Crippen LogP contribution in [0.25, 0.3) is 22.0 Å². The lowest BCUT2D eigenvalue weighted by Gasteiger charge is -2.40. The molecule has 7 rings (SSSR count). The van der Waals surface area contributed by atoms with E-state index < -0.39 is 14.4 Å². The highest BCUT2D eigenvalue weighted by Gasteiger charge is 2.40. The second kappa shape index (κ2) is 24.2. The molecule has 1 aliphatic rings. The van der Waals surface area contributed by atoms with Gasteiger partial charge in [-0.1, -0.05) is 112 Å². The number of likely N-dealkylation sites (tertiary alicyclic amines) is 1. The molecule has 1 fully saturated rings. The predicted octanol–water partition coefficient (Wildman–Crippen LogP) is 10.2. The number of para-hydroxylation sites is 1. The number of fused-ring (bicyclic) bond motifs is 1. The van der Waals surface area contributed by atoms with Crippen LogP contribution in [0.1, 0.15) is 75.3 Å². The Morgan fingerprint density at radius 1 is 0.861 bits per heavy atom. The van der Waals surface area contributed by atoms with Crippen molar-refractivity contribution in [2.24, 2.45) is 0 Å². The average molecular weight is 993 g/mol.